The Morgan fingerprint density at radius 1 is 1.33 bits per heavy atom. The van der Waals surface area contributed by atoms with Gasteiger partial charge in [-0.2, -0.15) is 0 Å². The van der Waals surface area contributed by atoms with Crippen LogP contribution >= 0.6 is 11.3 Å². The molecule has 0 spiro atoms. The van der Waals surface area contributed by atoms with Crippen molar-refractivity contribution in [3.63, 3.8) is 0 Å². The molecule has 1 amide bonds. The highest BCUT2D eigenvalue weighted by molar-refractivity contribution is 7.21. The Kier molecular flexibility index (Phi) is 4.96. The maximum absolute atomic E-state index is 12.3. The molecule has 5 heteroatoms. The van der Waals surface area contributed by atoms with Gasteiger partial charge in [-0.25, -0.2) is 4.79 Å². The lowest BCUT2D eigenvalue weighted by molar-refractivity contribution is -0.139. The normalized spacial score (nSPS) is 12.3. The highest BCUT2D eigenvalue weighted by Crippen LogP contribution is 2.30. The minimum Gasteiger partial charge on any atom is -0.480 e. The molecule has 1 aromatic heterocycles. The Balaban J connectivity index is 2.21. The maximum Gasteiger partial charge on any atom is 0.326 e. The first-order valence-electron chi connectivity index (χ1n) is 7.06. The molecule has 0 radical (unpaired) electrons. The molecule has 112 valence electrons. The van der Waals surface area contributed by atoms with Gasteiger partial charge in [-0.1, -0.05) is 38.0 Å². The molecule has 1 heterocycles. The van der Waals surface area contributed by atoms with Crippen molar-refractivity contribution >= 4 is 33.3 Å². The summed E-state index contributed by atoms with van der Waals surface area (Å²) in [5, 5.41) is 12.9. The Morgan fingerprint density at radius 2 is 2.05 bits per heavy atom. The van der Waals surface area contributed by atoms with E-state index in [-0.39, 0.29) is 5.91 Å². The van der Waals surface area contributed by atoms with Crippen molar-refractivity contribution in [3.8, 4) is 0 Å². The number of thiophene rings is 1. The summed E-state index contributed by atoms with van der Waals surface area (Å²) in [6.07, 6.45) is 2.14. The van der Waals surface area contributed by atoms with Crippen LogP contribution in [0.4, 0.5) is 0 Å². The van der Waals surface area contributed by atoms with Crippen LogP contribution in [-0.2, 0) is 4.79 Å². The average Bonchev–Trinajstić information content (AvgIpc) is 2.81. The van der Waals surface area contributed by atoms with Crippen LogP contribution in [0.25, 0.3) is 10.1 Å². The fraction of sp³-hybridized carbons (Fsp3) is 0.375. The number of carboxylic acid groups (broad SMARTS) is 1. The monoisotopic (exact) mass is 305 g/mol. The number of benzene rings is 1. The van der Waals surface area contributed by atoms with Gasteiger partial charge in [0.15, 0.2) is 0 Å². The van der Waals surface area contributed by atoms with Crippen LogP contribution in [0.3, 0.4) is 0 Å². The van der Waals surface area contributed by atoms with E-state index in [9.17, 15) is 14.7 Å². The molecule has 0 bridgehead atoms. The zero-order valence-corrected chi connectivity index (χ0v) is 13.0. The van der Waals surface area contributed by atoms with E-state index in [2.05, 4.69) is 5.32 Å². The minimum atomic E-state index is -0.976. The van der Waals surface area contributed by atoms with Crippen LogP contribution in [0.2, 0.25) is 0 Å². The molecule has 21 heavy (non-hydrogen) atoms. The first kappa shape index (κ1) is 15.5. The third kappa shape index (κ3) is 3.42. The summed E-state index contributed by atoms with van der Waals surface area (Å²) < 4.78 is 1.04. The second kappa shape index (κ2) is 6.72. The van der Waals surface area contributed by atoms with Gasteiger partial charge in [0.1, 0.15) is 6.04 Å². The molecular weight excluding hydrogens is 286 g/mol. The zero-order chi connectivity index (χ0) is 15.4. The molecule has 2 N–H and O–H groups in total. The molecule has 0 aliphatic heterocycles. The number of amides is 1. The molecule has 2 aromatic rings. The number of carbonyl (C=O) groups excluding carboxylic acids is 1. The predicted molar refractivity (Wildman–Crippen MR) is 85.0 cm³/mol. The van der Waals surface area contributed by atoms with Crippen LogP contribution in [-0.4, -0.2) is 23.0 Å². The first-order valence-corrected chi connectivity index (χ1v) is 7.88. The quantitative estimate of drug-likeness (QED) is 0.857. The second-order valence-corrected chi connectivity index (χ2v) is 6.11. The van der Waals surface area contributed by atoms with E-state index in [0.717, 1.165) is 28.5 Å². The van der Waals surface area contributed by atoms with E-state index in [0.29, 0.717) is 11.3 Å². The van der Waals surface area contributed by atoms with Gasteiger partial charge in [-0.3, -0.25) is 4.79 Å². The third-order valence-electron chi connectivity index (χ3n) is 3.50. The standard InChI is InChI=1S/C16H19NO3S/c1-3-4-8-12(16(19)20)17-15(18)14-10(2)11-7-5-6-9-13(11)21-14/h5-7,9,12H,3-4,8H2,1-2H3,(H,17,18)(H,19,20)/t12-/m0/s1. The number of hydrogen-bond acceptors (Lipinski definition) is 3. The highest BCUT2D eigenvalue weighted by Gasteiger charge is 2.22. The van der Waals surface area contributed by atoms with Gasteiger partial charge in [-0.15, -0.1) is 11.3 Å². The average molecular weight is 305 g/mol. The molecule has 4 nitrogen and oxygen atoms in total. The lowest BCUT2D eigenvalue weighted by atomic mass is 10.1. The Hall–Kier alpha value is -1.88. The van der Waals surface area contributed by atoms with Crippen LogP contribution < -0.4 is 5.32 Å². The van der Waals surface area contributed by atoms with Gasteiger partial charge in [0.05, 0.1) is 4.88 Å². The molecule has 1 aromatic carbocycles. The summed E-state index contributed by atoms with van der Waals surface area (Å²) in [5.41, 5.74) is 0.910. The van der Waals surface area contributed by atoms with Crippen LogP contribution in [0.5, 0.6) is 0 Å². The first-order chi connectivity index (χ1) is 10.0. The van der Waals surface area contributed by atoms with Crippen LogP contribution in [0.15, 0.2) is 24.3 Å². The highest BCUT2D eigenvalue weighted by atomic mass is 32.1. The summed E-state index contributed by atoms with van der Waals surface area (Å²) in [6.45, 7) is 3.90. The van der Waals surface area contributed by atoms with E-state index < -0.39 is 12.0 Å². The lowest BCUT2D eigenvalue weighted by Crippen LogP contribution is -2.40. The fourth-order valence-electron chi connectivity index (χ4n) is 2.28. The Labute approximate surface area is 127 Å². The Morgan fingerprint density at radius 3 is 2.67 bits per heavy atom. The Bertz CT molecular complexity index is 663. The largest absolute Gasteiger partial charge is 0.480 e. The topological polar surface area (TPSA) is 66.4 Å². The van der Waals surface area contributed by atoms with E-state index in [1.807, 2.05) is 38.1 Å². The molecule has 0 aliphatic carbocycles. The zero-order valence-electron chi connectivity index (χ0n) is 12.2. The third-order valence-corrected chi connectivity index (χ3v) is 4.77. The minimum absolute atomic E-state index is 0.294. The number of nitrogens with one attached hydrogen (secondary N) is 1. The molecule has 0 aliphatic rings. The lowest BCUT2D eigenvalue weighted by Gasteiger charge is -2.13. The fourth-order valence-corrected chi connectivity index (χ4v) is 3.39. The van der Waals surface area contributed by atoms with E-state index in [1.54, 1.807) is 0 Å². The van der Waals surface area contributed by atoms with Gasteiger partial charge in [0.25, 0.3) is 5.91 Å². The van der Waals surface area contributed by atoms with Crippen molar-refractivity contribution in [3.05, 3.63) is 34.7 Å². The van der Waals surface area contributed by atoms with Crippen molar-refractivity contribution in [1.29, 1.82) is 0 Å². The summed E-state index contributed by atoms with van der Waals surface area (Å²) in [6, 6.07) is 6.99. The summed E-state index contributed by atoms with van der Waals surface area (Å²) >= 11 is 1.40. The number of carboxylic acids is 1. The summed E-state index contributed by atoms with van der Waals surface area (Å²) in [5.74, 6) is -1.27. The van der Waals surface area contributed by atoms with E-state index in [1.165, 1.54) is 11.3 Å². The van der Waals surface area contributed by atoms with Gasteiger partial charge < -0.3 is 10.4 Å². The molecule has 2 rings (SSSR count). The van der Waals surface area contributed by atoms with Gasteiger partial charge in [0, 0.05) is 4.70 Å². The van der Waals surface area contributed by atoms with Crippen molar-refractivity contribution in [2.24, 2.45) is 0 Å². The smallest absolute Gasteiger partial charge is 0.326 e. The molecule has 0 unspecified atom stereocenters. The summed E-state index contributed by atoms with van der Waals surface area (Å²) in [7, 11) is 0. The molecular formula is C16H19NO3S. The summed E-state index contributed by atoms with van der Waals surface area (Å²) in [4.78, 5) is 24.2. The molecule has 0 saturated carbocycles. The second-order valence-electron chi connectivity index (χ2n) is 5.06. The number of aryl methyl sites for hydroxylation is 1. The van der Waals surface area contributed by atoms with Gasteiger partial charge >= 0.3 is 5.97 Å². The van der Waals surface area contributed by atoms with Gasteiger partial charge in [-0.05, 0) is 30.4 Å². The number of unbranched alkanes of at least 4 members (excludes halogenated alkanes) is 1. The van der Waals surface area contributed by atoms with Crippen molar-refractivity contribution in [2.45, 2.75) is 39.2 Å². The predicted octanol–water partition coefficient (Wildman–Crippen LogP) is 3.58. The van der Waals surface area contributed by atoms with Crippen LogP contribution in [0.1, 0.15) is 41.4 Å². The molecule has 1 atom stereocenters. The number of aliphatic carboxylic acids is 1. The van der Waals surface area contributed by atoms with Gasteiger partial charge in [0.2, 0.25) is 0 Å². The van der Waals surface area contributed by atoms with Crippen molar-refractivity contribution < 1.29 is 14.7 Å². The van der Waals surface area contributed by atoms with E-state index >= 15 is 0 Å². The maximum atomic E-state index is 12.3. The van der Waals surface area contributed by atoms with Crippen LogP contribution in [0, 0.1) is 6.92 Å². The molecule has 0 saturated heterocycles. The van der Waals surface area contributed by atoms with Crippen molar-refractivity contribution in [2.75, 3.05) is 0 Å². The van der Waals surface area contributed by atoms with Crippen molar-refractivity contribution in [1.82, 2.24) is 5.32 Å². The molecule has 0 fully saturated rings. The number of fused-ring (bicyclic) bond motifs is 1. The number of carbonyl (C=O) groups is 2. The number of hydrogen-bond donors (Lipinski definition) is 2. The van der Waals surface area contributed by atoms with E-state index in [4.69, 9.17) is 0 Å². The SMILES string of the molecule is CCCC[C@H](NC(=O)c1sc2ccccc2c1C)C(=O)O. The number of rotatable bonds is 6.